The van der Waals surface area contributed by atoms with Crippen LogP contribution in [0, 0.1) is 0 Å². The predicted octanol–water partition coefficient (Wildman–Crippen LogP) is -4.12. The summed E-state index contributed by atoms with van der Waals surface area (Å²) in [4.78, 5) is 17.1. The molecule has 4 aliphatic rings. The third kappa shape index (κ3) is 8.51. The van der Waals surface area contributed by atoms with Gasteiger partial charge in [0.2, 0.25) is 0 Å². The molecule has 1 atom stereocenters. The summed E-state index contributed by atoms with van der Waals surface area (Å²) in [5.41, 5.74) is 0. The summed E-state index contributed by atoms with van der Waals surface area (Å²) in [6.07, 6.45) is 17.7. The van der Waals surface area contributed by atoms with Crippen molar-refractivity contribution in [2.24, 2.45) is 4.99 Å². The number of aliphatic imine (C=N–C) groups is 1. The van der Waals surface area contributed by atoms with Gasteiger partial charge in [0.25, 0.3) is 0 Å². The maximum absolute atomic E-state index is 10.7. The summed E-state index contributed by atoms with van der Waals surface area (Å²) < 4.78 is 3.45. The second kappa shape index (κ2) is 14.1. The second-order valence-electron chi connectivity index (χ2n) is 6.14. The minimum atomic E-state index is -0.784. The van der Waals surface area contributed by atoms with Crippen molar-refractivity contribution < 1.29 is 58.0 Å². The van der Waals surface area contributed by atoms with Crippen LogP contribution in [0.4, 0.5) is 0 Å². The van der Waals surface area contributed by atoms with Crippen LogP contribution in [0.15, 0.2) is 48.0 Å². The average Bonchev–Trinajstić information content (AvgIpc) is 3.29. The summed E-state index contributed by atoms with van der Waals surface area (Å²) in [5.74, 6) is -0.0159. The number of nitrogens with one attached hydrogen (secondary N) is 1. The Morgan fingerprint density at radius 2 is 1.78 bits per heavy atom. The largest absolute Gasteiger partial charge is 1.00 e. The van der Waals surface area contributed by atoms with Gasteiger partial charge in [-0.1, -0.05) is 0 Å². The van der Waals surface area contributed by atoms with Gasteiger partial charge in [-0.3, -0.25) is 4.99 Å². The first-order chi connectivity index (χ1) is 11.7. The first-order valence-electron chi connectivity index (χ1n) is 8.49. The Morgan fingerprint density at radius 3 is 2.30 bits per heavy atom. The molecular weight excluding hydrogens is 567 g/mol. The molecule has 0 bridgehead atoms. The van der Waals surface area contributed by atoms with Crippen LogP contribution in [0.5, 0.6) is 0 Å². The number of aliphatic carboxylic acids is 1. The van der Waals surface area contributed by atoms with Crippen LogP contribution in [-0.4, -0.2) is 73.5 Å². The smallest absolute Gasteiger partial charge is 0.326 e. The van der Waals surface area contributed by atoms with Gasteiger partial charge in [-0.15, -0.1) is 0 Å². The number of carboxylic acid groups (broad SMARTS) is 1. The molecule has 0 aromatic heterocycles. The zero-order chi connectivity index (χ0) is 16.8. The van der Waals surface area contributed by atoms with E-state index in [4.69, 9.17) is 5.11 Å². The number of carboxylic acids is 1. The monoisotopic (exact) mass is 588 g/mol. The minimum Gasteiger partial charge on any atom is -1.00 e. The minimum absolute atomic E-state index is 0. The van der Waals surface area contributed by atoms with Crippen molar-refractivity contribution >= 4 is 37.8 Å². The third-order valence-corrected chi connectivity index (χ3v) is 7.70. The molecule has 27 heavy (non-hydrogen) atoms. The summed E-state index contributed by atoms with van der Waals surface area (Å²) in [6.45, 7) is 2.62. The van der Waals surface area contributed by atoms with Gasteiger partial charge >= 0.3 is 85.1 Å². The van der Waals surface area contributed by atoms with Crippen LogP contribution < -0.4 is 30.1 Å². The molecule has 2 aliphatic heterocycles. The van der Waals surface area contributed by atoms with Crippen molar-refractivity contribution in [3.63, 3.8) is 0 Å². The molecule has 0 saturated carbocycles. The molecule has 2 N–H and O–H groups in total. The molecule has 0 aromatic rings. The van der Waals surface area contributed by atoms with Crippen molar-refractivity contribution in [1.82, 2.24) is 10.2 Å². The van der Waals surface area contributed by atoms with Gasteiger partial charge in [-0.2, -0.15) is 0 Å². The number of rotatable bonds is 3. The molecule has 1 saturated heterocycles. The van der Waals surface area contributed by atoms with E-state index in [9.17, 15) is 4.79 Å². The number of hydrogen-bond acceptors (Lipinski definition) is 4. The molecule has 4 rings (SSSR count). The fraction of sp³-hybridized carbons (Fsp3) is 0.444. The van der Waals surface area contributed by atoms with E-state index in [0.717, 1.165) is 32.0 Å². The number of hydrogen-bond donors (Lipinski definition) is 2. The van der Waals surface area contributed by atoms with Crippen molar-refractivity contribution in [1.29, 1.82) is 0 Å². The molecule has 2 aliphatic carbocycles. The van der Waals surface area contributed by atoms with E-state index < -0.39 is 12.0 Å². The molecule has 0 spiro atoms. The Morgan fingerprint density at radius 1 is 1.15 bits per heavy atom. The van der Waals surface area contributed by atoms with Crippen LogP contribution in [0.3, 0.4) is 0 Å². The zero-order valence-electron chi connectivity index (χ0n) is 15.1. The number of carbonyl (C=O) groups is 1. The van der Waals surface area contributed by atoms with E-state index in [0.29, 0.717) is 6.42 Å². The molecule has 0 aromatic carbocycles. The molecule has 1 fully saturated rings. The Balaban J connectivity index is 0.000000455. The van der Waals surface area contributed by atoms with Gasteiger partial charge in [0.05, 0.1) is 0 Å². The van der Waals surface area contributed by atoms with Crippen LogP contribution in [0.2, 0.25) is 0 Å². The van der Waals surface area contributed by atoms with Crippen molar-refractivity contribution in [2.45, 2.75) is 31.7 Å². The molecule has 1 unspecified atom stereocenters. The van der Waals surface area contributed by atoms with E-state index in [1.807, 2.05) is 0 Å². The predicted molar refractivity (Wildman–Crippen MR) is 97.1 cm³/mol. The first kappa shape index (κ1) is 27.0. The third-order valence-electron chi connectivity index (χ3n) is 4.30. The standard InChI is InChI=1S/C8H13N3O2.2C5H5.2ClH.In.Zr/c12-7(13)6-2-5-11-4-1-3-9-8(11)10-6;2*1-2-4-5-3-1;;;;/h6H,1-5H2,(H,9,10)(H,12,13);2*1-3H,4H2;2*1H;;/q;;;;;;+2/p-2. The fourth-order valence-corrected chi connectivity index (χ4v) is 5.97. The molecule has 2 heterocycles. The fourth-order valence-electron chi connectivity index (χ4n) is 2.99. The summed E-state index contributed by atoms with van der Waals surface area (Å²) in [5, 5.41) is 11.7. The van der Waals surface area contributed by atoms with Gasteiger partial charge < -0.3 is 40.1 Å². The normalized spacial score (nSPS) is 21.3. The number of allylic oxidation sites excluding steroid dienone is 8. The Labute approximate surface area is 203 Å². The summed E-state index contributed by atoms with van der Waals surface area (Å²) in [6, 6.07) is -0.451. The Bertz CT molecular complexity index is 623. The van der Waals surface area contributed by atoms with Gasteiger partial charge in [-0.05, 0) is 12.8 Å². The summed E-state index contributed by atoms with van der Waals surface area (Å²) in [7, 11) is 0. The van der Waals surface area contributed by atoms with Gasteiger partial charge in [-0.25, -0.2) is 4.79 Å². The Hall–Kier alpha value is 0.0332. The van der Waals surface area contributed by atoms with E-state index in [2.05, 4.69) is 51.7 Å². The van der Waals surface area contributed by atoms with Crippen molar-refractivity contribution in [3.05, 3.63) is 43.0 Å². The number of nitrogens with zero attached hydrogens (tertiary/aromatic N) is 2. The molecule has 0 amide bonds. The van der Waals surface area contributed by atoms with E-state index >= 15 is 0 Å². The maximum Gasteiger partial charge on any atom is 0.326 e. The van der Waals surface area contributed by atoms with Gasteiger partial charge in [0.15, 0.2) is 5.96 Å². The van der Waals surface area contributed by atoms with E-state index in [1.165, 1.54) is 12.8 Å². The van der Waals surface area contributed by atoms with Crippen molar-refractivity contribution in [2.75, 3.05) is 19.6 Å². The van der Waals surface area contributed by atoms with Gasteiger partial charge in [0, 0.05) is 45.5 Å². The van der Waals surface area contributed by atoms with E-state index in [1.54, 1.807) is 6.56 Å². The summed E-state index contributed by atoms with van der Waals surface area (Å²) >= 11 is -0.312. The Kier molecular flexibility index (Phi) is 14.1. The van der Waals surface area contributed by atoms with E-state index in [-0.39, 0.29) is 73.9 Å². The van der Waals surface area contributed by atoms with Gasteiger partial charge in [0.1, 0.15) is 6.04 Å². The number of halogens is 2. The molecule has 5 nitrogen and oxygen atoms in total. The number of guanidine groups is 1. The average molecular weight is 590 g/mol. The molecular formula is C18H23Cl2InN3O2Zr. The van der Waals surface area contributed by atoms with Crippen LogP contribution >= 0.6 is 0 Å². The SMILES string of the molecule is C1=CC[C]([Zr+2][C]2=CC=CC2)=C1.O=C(O)C1CCN2CCCN=C2N1.[Cl-].[Cl-].[In]. The van der Waals surface area contributed by atoms with Crippen LogP contribution in [0.25, 0.3) is 0 Å². The number of fused-ring (bicyclic) bond motifs is 1. The molecule has 9 heteroatoms. The topological polar surface area (TPSA) is 64.9 Å². The first-order valence-corrected chi connectivity index (χ1v) is 11.0. The molecule has 3 radical (unpaired) electrons. The quantitative estimate of drug-likeness (QED) is 0.351. The van der Waals surface area contributed by atoms with Crippen LogP contribution in [0.1, 0.15) is 25.7 Å². The second-order valence-corrected chi connectivity index (χ2v) is 9.91. The zero-order valence-corrected chi connectivity index (χ0v) is 22.3. The van der Waals surface area contributed by atoms with Crippen LogP contribution in [-0.2, 0) is 28.0 Å². The van der Waals surface area contributed by atoms with Crippen molar-refractivity contribution in [3.8, 4) is 0 Å². The molecule has 143 valence electrons. The maximum atomic E-state index is 10.7.